The molecule has 40 heavy (non-hydrogen) atoms. The minimum atomic E-state index is -0.628. The van der Waals surface area contributed by atoms with E-state index in [1.807, 2.05) is 53.7 Å². The summed E-state index contributed by atoms with van der Waals surface area (Å²) in [5.41, 5.74) is 4.92. The maximum absolute atomic E-state index is 12.6. The third-order valence-electron chi connectivity index (χ3n) is 5.61. The number of anilines is 1. The lowest BCUT2D eigenvalue weighted by molar-refractivity contribution is -0.115. The fraction of sp³-hybridized carbons (Fsp3) is 0.531. The molecule has 1 rings (SSSR count). The Morgan fingerprint density at radius 2 is 1.70 bits per heavy atom. The molecule has 8 nitrogen and oxygen atoms in total. The molecule has 1 amide bonds. The van der Waals surface area contributed by atoms with Crippen molar-refractivity contribution < 1.29 is 14.3 Å². The van der Waals surface area contributed by atoms with E-state index in [0.717, 1.165) is 47.4 Å². The fourth-order valence-corrected chi connectivity index (χ4v) is 3.49. The maximum Gasteiger partial charge on any atom is 0.413 e. The molecule has 0 aliphatic carbocycles. The highest BCUT2D eigenvalue weighted by Crippen LogP contribution is 2.20. The Morgan fingerprint density at radius 3 is 2.20 bits per heavy atom. The van der Waals surface area contributed by atoms with E-state index < -0.39 is 11.7 Å². The highest BCUT2D eigenvalue weighted by molar-refractivity contribution is 6.11. The van der Waals surface area contributed by atoms with Gasteiger partial charge in [-0.15, -0.1) is 0 Å². The Labute approximate surface area is 242 Å². The van der Waals surface area contributed by atoms with Gasteiger partial charge in [-0.05, 0) is 66.0 Å². The molecule has 1 heterocycles. The average Bonchev–Trinajstić information content (AvgIpc) is 2.92. The van der Waals surface area contributed by atoms with Crippen LogP contribution in [0.25, 0.3) is 0 Å². The van der Waals surface area contributed by atoms with Crippen molar-refractivity contribution in [3.8, 4) is 0 Å². The Morgan fingerprint density at radius 1 is 1.05 bits per heavy atom. The Bertz CT molecular complexity index is 1140. The normalized spacial score (nSPS) is 13.6. The fourth-order valence-electron chi connectivity index (χ4n) is 3.49. The number of amides is 1. The van der Waals surface area contributed by atoms with E-state index in [0.29, 0.717) is 23.6 Å². The molecule has 0 saturated heterocycles. The molecule has 0 bridgehead atoms. The predicted octanol–water partition coefficient (Wildman–Crippen LogP) is 8.10. The minimum Gasteiger partial charge on any atom is -0.444 e. The summed E-state index contributed by atoms with van der Waals surface area (Å²) in [6.45, 7) is 21.4. The van der Waals surface area contributed by atoms with Crippen molar-refractivity contribution in [3.63, 3.8) is 0 Å². The summed E-state index contributed by atoms with van der Waals surface area (Å²) in [6.07, 6.45) is 9.84. The van der Waals surface area contributed by atoms with E-state index in [9.17, 15) is 9.59 Å². The topological polar surface area (TPSA) is 106 Å². The van der Waals surface area contributed by atoms with E-state index in [1.54, 1.807) is 33.9 Å². The summed E-state index contributed by atoms with van der Waals surface area (Å²) in [7, 11) is 1.70. The van der Waals surface area contributed by atoms with Gasteiger partial charge < -0.3 is 10.1 Å². The number of ether oxygens (including phenoxy) is 1. The molecule has 0 aromatic carbocycles. The summed E-state index contributed by atoms with van der Waals surface area (Å²) in [5.74, 6) is 0.438. The van der Waals surface area contributed by atoms with Gasteiger partial charge in [0, 0.05) is 30.8 Å². The Balaban J connectivity index is 0.00000742. The molecule has 0 atom stereocenters. The van der Waals surface area contributed by atoms with Crippen LogP contribution in [0.3, 0.4) is 0 Å². The molecule has 2 N–H and O–H groups in total. The lowest BCUT2D eigenvalue weighted by Gasteiger charge is -2.20. The molecule has 0 spiro atoms. The summed E-state index contributed by atoms with van der Waals surface area (Å²) < 4.78 is 5.34. The van der Waals surface area contributed by atoms with Crippen molar-refractivity contribution in [2.24, 2.45) is 4.99 Å². The van der Waals surface area contributed by atoms with E-state index in [1.165, 1.54) is 6.33 Å². The van der Waals surface area contributed by atoms with Crippen molar-refractivity contribution in [3.05, 3.63) is 64.4 Å². The number of unbranched alkanes of at least 4 members (excludes halogenated alkanes) is 1. The van der Waals surface area contributed by atoms with Crippen LogP contribution in [0.1, 0.15) is 108 Å². The zero-order chi connectivity index (χ0) is 30.9. The average molecular weight is 554 g/mol. The van der Waals surface area contributed by atoms with Crippen LogP contribution in [-0.2, 0) is 9.53 Å². The first-order valence-corrected chi connectivity index (χ1v) is 14.2. The molecule has 1 aromatic rings. The van der Waals surface area contributed by atoms with Gasteiger partial charge in [0.2, 0.25) is 0 Å². The molecule has 0 radical (unpaired) electrons. The van der Waals surface area contributed by atoms with Crippen LogP contribution >= 0.6 is 0 Å². The van der Waals surface area contributed by atoms with Crippen molar-refractivity contribution in [2.45, 2.75) is 107 Å². The first-order chi connectivity index (χ1) is 18.9. The smallest absolute Gasteiger partial charge is 0.413 e. The zero-order valence-corrected chi connectivity index (χ0v) is 26.8. The molecule has 0 aliphatic heterocycles. The zero-order valence-electron chi connectivity index (χ0n) is 26.8. The van der Waals surface area contributed by atoms with Gasteiger partial charge in [0.25, 0.3) is 0 Å². The first kappa shape index (κ1) is 36.5. The quantitative estimate of drug-likeness (QED) is 0.154. The van der Waals surface area contributed by atoms with Crippen LogP contribution in [-0.4, -0.2) is 40.2 Å². The molecule has 8 heteroatoms. The summed E-state index contributed by atoms with van der Waals surface area (Å²) >= 11 is 0. The van der Waals surface area contributed by atoms with Crippen LogP contribution in [0, 0.1) is 0 Å². The molecular formula is C32H51N5O3. The number of aliphatic imine (C=N–C) groups is 1. The third kappa shape index (κ3) is 12.5. The van der Waals surface area contributed by atoms with Crippen LogP contribution in [0.5, 0.6) is 0 Å². The standard InChI is InChI=1S/C30H45N5O3.C2H6/c1-11-15-16-24(34-23(13-3)21(6)17-22(20(5)12-2)26(36)14-4)28(31-10)25-18-27(33-19-32-25)35-29(37)38-30(7,8)9;1-2/h13,16-19,34H,11-12,14-15H2,1-10H3,(H,32,33,35,37);1-2H3/b21-17-,22-20-,23-13+,24-16+,31-28?;. The number of Topliss-reactive ketones (excluding diaryl/α,β-unsaturated/α-hetero) is 1. The SMILES string of the molecule is CC.C\C=C(N/C(=C/CCC)C(=NC)c1cc(NC(=O)OC(C)(C)C)ncn1)/C(C)=C\C(C(=O)CC)=C(/C)CC. The highest BCUT2D eigenvalue weighted by atomic mass is 16.6. The lowest BCUT2D eigenvalue weighted by Crippen LogP contribution is -2.27. The number of ketones is 1. The second kappa shape index (κ2) is 18.7. The Kier molecular flexibility index (Phi) is 17.0. The van der Waals surface area contributed by atoms with Crippen LogP contribution < -0.4 is 10.6 Å². The van der Waals surface area contributed by atoms with Crippen LogP contribution in [0.15, 0.2) is 63.7 Å². The monoisotopic (exact) mass is 553 g/mol. The molecular weight excluding hydrogens is 502 g/mol. The predicted molar refractivity (Wildman–Crippen MR) is 168 cm³/mol. The van der Waals surface area contributed by atoms with E-state index in [4.69, 9.17) is 4.74 Å². The number of carbonyl (C=O) groups excluding carboxylic acids is 2. The van der Waals surface area contributed by atoms with Gasteiger partial charge in [-0.1, -0.05) is 58.8 Å². The summed E-state index contributed by atoms with van der Waals surface area (Å²) in [6, 6.07) is 1.66. The second-order valence-electron chi connectivity index (χ2n) is 9.87. The number of allylic oxidation sites excluding steroid dienone is 7. The highest BCUT2D eigenvalue weighted by Gasteiger charge is 2.19. The van der Waals surface area contributed by atoms with Gasteiger partial charge in [-0.2, -0.15) is 0 Å². The van der Waals surface area contributed by atoms with Gasteiger partial charge >= 0.3 is 6.09 Å². The number of hydrogen-bond acceptors (Lipinski definition) is 7. The van der Waals surface area contributed by atoms with Gasteiger partial charge in [0.05, 0.1) is 11.4 Å². The number of rotatable bonds is 12. The molecule has 0 fully saturated rings. The van der Waals surface area contributed by atoms with Crippen molar-refractivity contribution in [1.82, 2.24) is 15.3 Å². The largest absolute Gasteiger partial charge is 0.444 e. The van der Waals surface area contributed by atoms with Crippen LogP contribution in [0.4, 0.5) is 10.6 Å². The van der Waals surface area contributed by atoms with E-state index >= 15 is 0 Å². The summed E-state index contributed by atoms with van der Waals surface area (Å²) in [5, 5.41) is 6.17. The van der Waals surface area contributed by atoms with Crippen molar-refractivity contribution in [2.75, 3.05) is 12.4 Å². The third-order valence-corrected chi connectivity index (χ3v) is 5.61. The number of carbonyl (C=O) groups is 2. The molecule has 0 saturated carbocycles. The molecule has 1 aromatic heterocycles. The maximum atomic E-state index is 12.6. The van der Waals surface area contributed by atoms with E-state index in [2.05, 4.69) is 45.5 Å². The second-order valence-corrected chi connectivity index (χ2v) is 9.87. The van der Waals surface area contributed by atoms with Gasteiger partial charge in [0.1, 0.15) is 23.5 Å². The van der Waals surface area contributed by atoms with Gasteiger partial charge in [0.15, 0.2) is 5.78 Å². The summed E-state index contributed by atoms with van der Waals surface area (Å²) in [4.78, 5) is 38.0. The minimum absolute atomic E-state index is 0.128. The first-order valence-electron chi connectivity index (χ1n) is 14.2. The van der Waals surface area contributed by atoms with Crippen LogP contribution in [0.2, 0.25) is 0 Å². The Hall–Kier alpha value is -3.55. The molecule has 0 unspecified atom stereocenters. The molecule has 222 valence electrons. The van der Waals surface area contributed by atoms with Gasteiger partial charge in [-0.3, -0.25) is 15.1 Å². The molecule has 0 aliphatic rings. The van der Waals surface area contributed by atoms with Gasteiger partial charge in [-0.25, -0.2) is 14.8 Å². The van der Waals surface area contributed by atoms with Crippen molar-refractivity contribution >= 4 is 23.4 Å². The number of hydrogen-bond donors (Lipinski definition) is 2. The lowest BCUT2D eigenvalue weighted by atomic mass is 9.98. The number of aromatic nitrogens is 2. The number of nitrogens with zero attached hydrogens (tertiary/aromatic N) is 3. The number of nitrogens with one attached hydrogen (secondary N) is 2. The van der Waals surface area contributed by atoms with Crippen molar-refractivity contribution in [1.29, 1.82) is 0 Å². The van der Waals surface area contributed by atoms with E-state index in [-0.39, 0.29) is 5.78 Å².